The van der Waals surface area contributed by atoms with Crippen molar-refractivity contribution in [1.29, 1.82) is 0 Å². The fraction of sp³-hybridized carbons (Fsp3) is 0.875. The van der Waals surface area contributed by atoms with Crippen molar-refractivity contribution in [3.05, 3.63) is 0 Å². The average molecular weight is 472 g/mol. The summed E-state index contributed by atoms with van der Waals surface area (Å²) in [5.74, 6) is -5.81. The van der Waals surface area contributed by atoms with Gasteiger partial charge in [-0.05, 0) is 0 Å². The second-order valence-electron chi connectivity index (χ2n) is 4.69. The van der Waals surface area contributed by atoms with Crippen molar-refractivity contribution < 1.29 is 84.0 Å². The summed E-state index contributed by atoms with van der Waals surface area (Å²) in [6.07, 6.45) is -32.0. The molecule has 0 amide bonds. The molecule has 1 aliphatic heterocycles. The van der Waals surface area contributed by atoms with E-state index in [4.69, 9.17) is 0 Å². The minimum absolute atomic E-state index is 1.80. The topological polar surface area (TPSA) is 78.9 Å². The fourth-order valence-corrected chi connectivity index (χ4v) is 1.84. The first kappa shape index (κ1) is 24.6. The van der Waals surface area contributed by atoms with Crippen molar-refractivity contribution in [3.8, 4) is 0 Å². The second kappa shape index (κ2) is 6.29. The fourth-order valence-electron chi connectivity index (χ4n) is 1.52. The van der Waals surface area contributed by atoms with Crippen LogP contribution in [0.5, 0.6) is 0 Å². The van der Waals surface area contributed by atoms with E-state index in [0.717, 1.165) is 0 Å². The van der Waals surface area contributed by atoms with Crippen LogP contribution in [0.4, 0.5) is 56.6 Å². The van der Waals surface area contributed by atoms with Gasteiger partial charge in [0, 0.05) is 0 Å². The van der Waals surface area contributed by atoms with Crippen LogP contribution in [-0.2, 0) is 29.2 Å². The molecule has 28 heavy (non-hydrogen) atoms. The van der Waals surface area contributed by atoms with Crippen LogP contribution in [-0.4, -0.2) is 56.1 Å². The van der Waals surface area contributed by atoms with Crippen molar-refractivity contribution in [2.75, 3.05) is 0 Å². The average Bonchev–Trinajstić information content (AvgIpc) is 2.69. The van der Waals surface area contributed by atoms with Gasteiger partial charge in [0.25, 0.3) is 0 Å². The van der Waals surface area contributed by atoms with Gasteiger partial charge in [-0.1, -0.05) is 3.89 Å². The van der Waals surface area contributed by atoms with E-state index in [1.165, 1.54) is 0 Å². The molecule has 6 nitrogen and oxygen atoms in total. The Morgan fingerprint density at radius 2 is 1.39 bits per heavy atom. The first-order valence-electron chi connectivity index (χ1n) is 5.75. The Labute approximate surface area is 143 Å². The second-order valence-corrected chi connectivity index (χ2v) is 6.07. The highest BCUT2D eigenvalue weighted by molar-refractivity contribution is 7.87. The van der Waals surface area contributed by atoms with Crippen LogP contribution in [0.3, 0.4) is 0 Å². The molecular weight excluding hydrogens is 471 g/mol. The number of halogens is 13. The molecule has 1 rings (SSSR count). The molecule has 1 heterocycles. The lowest BCUT2D eigenvalue weighted by molar-refractivity contribution is -0.445. The van der Waals surface area contributed by atoms with Crippen molar-refractivity contribution >= 4 is 16.3 Å². The zero-order valence-corrected chi connectivity index (χ0v) is 12.7. The van der Waals surface area contributed by atoms with Crippen LogP contribution in [0.25, 0.3) is 0 Å². The quantitative estimate of drug-likeness (QED) is 0.437. The number of rotatable bonds is 6. The Balaban J connectivity index is 3.40. The van der Waals surface area contributed by atoms with E-state index < -0.39 is 57.9 Å². The monoisotopic (exact) mass is 472 g/mol. The maximum absolute atomic E-state index is 13.4. The number of hydrogen-bond donors (Lipinski definition) is 0. The van der Waals surface area contributed by atoms with E-state index in [1.54, 1.807) is 4.74 Å². The lowest BCUT2D eigenvalue weighted by Gasteiger charge is -2.30. The zero-order chi connectivity index (χ0) is 22.8. The highest BCUT2D eigenvalue weighted by Gasteiger charge is 2.82. The third-order valence-electron chi connectivity index (χ3n) is 2.72. The molecule has 2 unspecified atom stereocenters. The maximum atomic E-state index is 13.4. The van der Waals surface area contributed by atoms with Crippen LogP contribution < -0.4 is 0 Å². The molecule has 0 spiro atoms. The minimum atomic E-state index is -7.74. The summed E-state index contributed by atoms with van der Waals surface area (Å²) in [5.41, 5.74) is 0. The molecule has 0 saturated carbocycles. The highest BCUT2D eigenvalue weighted by Crippen LogP contribution is 2.54. The molecule has 0 aromatic rings. The van der Waals surface area contributed by atoms with E-state index in [0.29, 0.717) is 0 Å². The van der Waals surface area contributed by atoms with E-state index >= 15 is 0 Å². The molecule has 0 N–H and O–H groups in total. The number of carbonyl (C=O) groups excluding carboxylic acids is 1. The van der Waals surface area contributed by atoms with Gasteiger partial charge in [-0.25, -0.2) is 4.74 Å². The Hall–Kier alpha value is -1.41. The molecule has 1 fully saturated rings. The molecule has 0 bridgehead atoms. The van der Waals surface area contributed by atoms with Crippen LogP contribution in [0, 0.1) is 0 Å². The molecule has 20 heteroatoms. The molecule has 0 aromatic heterocycles. The normalized spacial score (nSPS) is 27.1. The molecule has 1 saturated heterocycles. The van der Waals surface area contributed by atoms with Crippen molar-refractivity contribution in [3.63, 3.8) is 0 Å². The number of alkyl halides is 11. The summed E-state index contributed by atoms with van der Waals surface area (Å²) in [5, 5.41) is -7.16. The summed E-state index contributed by atoms with van der Waals surface area (Å²) in [4.78, 5) is 10.3. The molecule has 2 atom stereocenters. The lowest BCUT2D eigenvalue weighted by Crippen LogP contribution is -2.56. The third-order valence-corrected chi connectivity index (χ3v) is 3.57. The van der Waals surface area contributed by atoms with E-state index in [1.807, 2.05) is 0 Å². The Morgan fingerprint density at radius 3 is 1.68 bits per heavy atom. The van der Waals surface area contributed by atoms with Gasteiger partial charge in [-0.2, -0.15) is 61.1 Å². The first-order chi connectivity index (χ1) is 11.9. The summed E-state index contributed by atoms with van der Waals surface area (Å²) >= 11 is 0. The largest absolute Gasteiger partial charge is 0.464 e. The van der Waals surface area contributed by atoms with Crippen LogP contribution >= 0.6 is 0 Å². The predicted molar refractivity (Wildman–Crippen MR) is 51.8 cm³/mol. The van der Waals surface area contributed by atoms with Gasteiger partial charge in [0.05, 0.1) is 0 Å². The molecule has 1 aliphatic rings. The van der Waals surface area contributed by atoms with Crippen LogP contribution in [0.2, 0.25) is 0 Å². The van der Waals surface area contributed by atoms with E-state index in [2.05, 4.69) is 9.47 Å². The Kier molecular flexibility index (Phi) is 5.53. The van der Waals surface area contributed by atoms with Gasteiger partial charge in [0.1, 0.15) is 0 Å². The van der Waals surface area contributed by atoms with E-state index in [9.17, 15) is 69.8 Å². The smallest absolute Gasteiger partial charge is 0.312 e. The van der Waals surface area contributed by atoms with Gasteiger partial charge in [-0.15, -0.1) is 0 Å². The molecule has 0 aromatic carbocycles. The Bertz CT molecular complexity index is 745. The Morgan fingerprint density at radius 1 is 0.964 bits per heavy atom. The third kappa shape index (κ3) is 3.73. The highest BCUT2D eigenvalue weighted by atomic mass is 32.3. The SMILES string of the molecule is O=C(F)C1(C(F)(F)F)OC(C(F)(F)OC(F)(F)C(F)(F)S(=O)(=O)F)C(F)(F)O1. The van der Waals surface area contributed by atoms with Gasteiger partial charge in [0.15, 0.2) is 0 Å². The van der Waals surface area contributed by atoms with E-state index in [-0.39, 0.29) is 0 Å². The lowest BCUT2D eigenvalue weighted by atomic mass is 10.3. The number of carbonyl (C=O) groups is 1. The van der Waals surface area contributed by atoms with Crippen LogP contribution in [0.15, 0.2) is 0 Å². The summed E-state index contributed by atoms with van der Waals surface area (Å²) in [7, 11) is -7.74. The van der Waals surface area contributed by atoms with Crippen molar-refractivity contribution in [2.45, 2.75) is 41.6 Å². The van der Waals surface area contributed by atoms with Gasteiger partial charge < -0.3 is 4.74 Å². The molecule has 166 valence electrons. The summed E-state index contributed by atoms with van der Waals surface area (Å²) in [6.45, 7) is 0. The minimum Gasteiger partial charge on any atom is -0.312 e. The van der Waals surface area contributed by atoms with Gasteiger partial charge in [-0.3, -0.25) is 9.53 Å². The van der Waals surface area contributed by atoms with Gasteiger partial charge >= 0.3 is 51.8 Å². The van der Waals surface area contributed by atoms with Crippen molar-refractivity contribution in [1.82, 2.24) is 0 Å². The first-order valence-corrected chi connectivity index (χ1v) is 7.13. The van der Waals surface area contributed by atoms with Crippen molar-refractivity contribution in [2.24, 2.45) is 0 Å². The summed E-state index contributed by atoms with van der Waals surface area (Å²) < 4.78 is 193. The number of ether oxygens (including phenoxy) is 3. The molecular formula is C8HF13O6S. The zero-order valence-electron chi connectivity index (χ0n) is 11.8. The summed E-state index contributed by atoms with van der Waals surface area (Å²) in [6, 6.07) is -4.04. The molecule has 0 aliphatic carbocycles. The maximum Gasteiger partial charge on any atom is 0.464 e. The van der Waals surface area contributed by atoms with Crippen LogP contribution in [0.1, 0.15) is 0 Å². The van der Waals surface area contributed by atoms with Gasteiger partial charge in [0.2, 0.25) is 6.10 Å². The standard InChI is InChI=1S/C8HF13O6S/c9-2(22)3(6(14,15)16)25-1(4(10,11)26-3)5(12,13)27-7(17,18)8(19,20)28(21,23)24/h1H. The molecule has 0 radical (unpaired) electrons. The predicted octanol–water partition coefficient (Wildman–Crippen LogP) is 2.84. The number of hydrogen-bond acceptors (Lipinski definition) is 6.